The molecule has 2 atom stereocenters. The summed E-state index contributed by atoms with van der Waals surface area (Å²) in [5, 5.41) is 2.88. The zero-order valence-electron chi connectivity index (χ0n) is 14.8. The van der Waals surface area contributed by atoms with Crippen LogP contribution < -0.4 is 10.2 Å². The van der Waals surface area contributed by atoms with Gasteiger partial charge in [-0.05, 0) is 42.7 Å². The summed E-state index contributed by atoms with van der Waals surface area (Å²) in [6.45, 7) is 4.88. The molecule has 5 rings (SSSR count). The monoisotopic (exact) mass is 366 g/mol. The highest BCUT2D eigenvalue weighted by molar-refractivity contribution is 7.91. The van der Waals surface area contributed by atoms with E-state index in [1.54, 1.807) is 12.1 Å². The molecule has 0 amide bonds. The Labute approximate surface area is 154 Å². The molecule has 1 aliphatic carbocycles. The van der Waals surface area contributed by atoms with Crippen molar-refractivity contribution in [2.75, 3.05) is 24.5 Å². The topological polar surface area (TPSA) is 49.4 Å². The van der Waals surface area contributed by atoms with Gasteiger partial charge in [0.05, 0.1) is 4.90 Å². The Bertz CT molecular complexity index is 1010. The molecule has 134 valence electrons. The van der Waals surface area contributed by atoms with Crippen molar-refractivity contribution in [1.29, 1.82) is 0 Å². The highest BCUT2D eigenvalue weighted by Crippen LogP contribution is 2.50. The number of anilines is 1. The van der Waals surface area contributed by atoms with Crippen LogP contribution in [0.1, 0.15) is 28.4 Å². The average molecular weight is 366 g/mol. The summed E-state index contributed by atoms with van der Waals surface area (Å²) in [4.78, 5) is 2.86. The third-order valence-electron chi connectivity index (χ3n) is 5.85. The van der Waals surface area contributed by atoms with Gasteiger partial charge in [0.1, 0.15) is 5.25 Å². The maximum atomic E-state index is 13.3. The van der Waals surface area contributed by atoms with E-state index in [-0.39, 0.29) is 0 Å². The van der Waals surface area contributed by atoms with Crippen LogP contribution in [0.15, 0.2) is 53.4 Å². The van der Waals surface area contributed by atoms with Gasteiger partial charge in [-0.1, -0.05) is 35.9 Å². The molecule has 0 spiro atoms. The summed E-state index contributed by atoms with van der Waals surface area (Å²) in [7, 11) is -3.44. The zero-order chi connectivity index (χ0) is 17.9. The van der Waals surface area contributed by atoms with Crippen LogP contribution in [0.5, 0.6) is 0 Å². The SMILES string of the molecule is Cc1ccc(S(=O)(=O)C2C=C3CC4CNCCN4c4cccc2c43)cc1. The highest BCUT2D eigenvalue weighted by atomic mass is 32.2. The molecule has 1 fully saturated rings. The van der Waals surface area contributed by atoms with Crippen LogP contribution in [-0.4, -0.2) is 34.1 Å². The smallest absolute Gasteiger partial charge is 0.188 e. The van der Waals surface area contributed by atoms with E-state index < -0.39 is 15.1 Å². The van der Waals surface area contributed by atoms with Crippen molar-refractivity contribution in [1.82, 2.24) is 5.32 Å². The number of aryl methyl sites for hydroxylation is 1. The number of nitrogens with zero attached hydrogens (tertiary/aromatic N) is 1. The molecule has 0 radical (unpaired) electrons. The third-order valence-corrected chi connectivity index (χ3v) is 7.84. The standard InChI is InChI=1S/C21H22N2O2S/c1-14-5-7-17(8-6-14)26(24,25)20-12-15-11-16-13-22-9-10-23(16)19-4-2-3-18(20)21(15)19/h2-8,12,16,20,22H,9-11,13H2,1H3. The molecule has 0 saturated carbocycles. The maximum Gasteiger partial charge on any atom is 0.188 e. The van der Waals surface area contributed by atoms with Gasteiger partial charge in [0, 0.05) is 36.9 Å². The molecule has 0 aromatic heterocycles. The number of fused-ring (bicyclic) bond motifs is 2. The first-order valence-corrected chi connectivity index (χ1v) is 10.7. The summed E-state index contributed by atoms with van der Waals surface area (Å²) in [6, 6.07) is 13.7. The number of rotatable bonds is 2. The predicted octanol–water partition coefficient (Wildman–Crippen LogP) is 3.09. The zero-order valence-corrected chi connectivity index (χ0v) is 15.6. The van der Waals surface area contributed by atoms with Crippen LogP contribution >= 0.6 is 0 Å². The first kappa shape index (κ1) is 16.1. The molecule has 5 heteroatoms. The predicted molar refractivity (Wildman–Crippen MR) is 104 cm³/mol. The van der Waals surface area contributed by atoms with Crippen LogP contribution in [0.2, 0.25) is 0 Å². The fraction of sp³-hybridized carbons (Fsp3) is 0.333. The number of benzene rings is 2. The number of hydrogen-bond donors (Lipinski definition) is 1. The molecule has 26 heavy (non-hydrogen) atoms. The molecule has 2 aromatic rings. The van der Waals surface area contributed by atoms with Gasteiger partial charge in [-0.3, -0.25) is 0 Å². The maximum absolute atomic E-state index is 13.3. The number of nitrogens with one attached hydrogen (secondary N) is 1. The average Bonchev–Trinajstić information content (AvgIpc) is 3.03. The Morgan fingerprint density at radius 1 is 1.12 bits per heavy atom. The second-order valence-corrected chi connectivity index (χ2v) is 9.54. The van der Waals surface area contributed by atoms with Crippen molar-refractivity contribution < 1.29 is 8.42 Å². The lowest BCUT2D eigenvalue weighted by atomic mass is 9.90. The second-order valence-electron chi connectivity index (χ2n) is 7.47. The van der Waals surface area contributed by atoms with Gasteiger partial charge in [0.15, 0.2) is 9.84 Å². The van der Waals surface area contributed by atoms with Crippen LogP contribution in [0.4, 0.5) is 5.69 Å². The van der Waals surface area contributed by atoms with Crippen LogP contribution in [-0.2, 0) is 9.84 Å². The Morgan fingerprint density at radius 2 is 1.92 bits per heavy atom. The van der Waals surface area contributed by atoms with Gasteiger partial charge in [-0.2, -0.15) is 0 Å². The molecule has 2 heterocycles. The minimum absolute atomic E-state index is 0.403. The highest BCUT2D eigenvalue weighted by Gasteiger charge is 2.40. The molecular weight excluding hydrogens is 344 g/mol. The largest absolute Gasteiger partial charge is 0.365 e. The summed E-state index contributed by atoms with van der Waals surface area (Å²) in [5.74, 6) is 0. The lowest BCUT2D eigenvalue weighted by molar-refractivity contribution is 0.475. The summed E-state index contributed by atoms with van der Waals surface area (Å²) in [5.41, 5.74) is 5.56. The Kier molecular flexibility index (Phi) is 3.52. The molecule has 4 nitrogen and oxygen atoms in total. The summed E-state index contributed by atoms with van der Waals surface area (Å²) in [6.07, 6.45) is 2.91. The van der Waals surface area contributed by atoms with Crippen LogP contribution in [0.3, 0.4) is 0 Å². The minimum Gasteiger partial charge on any atom is -0.365 e. The molecule has 3 aliphatic rings. The van der Waals surface area contributed by atoms with Gasteiger partial charge >= 0.3 is 0 Å². The van der Waals surface area contributed by atoms with E-state index >= 15 is 0 Å². The van der Waals surface area contributed by atoms with Gasteiger partial charge in [0.2, 0.25) is 0 Å². The second kappa shape index (κ2) is 5.69. The van der Waals surface area contributed by atoms with Gasteiger partial charge in [-0.15, -0.1) is 0 Å². The van der Waals surface area contributed by atoms with Gasteiger partial charge < -0.3 is 10.2 Å². The van der Waals surface area contributed by atoms with Crippen LogP contribution in [0, 0.1) is 6.92 Å². The lowest BCUT2D eigenvalue weighted by Gasteiger charge is -2.43. The number of piperazine rings is 1. The van der Waals surface area contributed by atoms with Crippen molar-refractivity contribution in [3.8, 4) is 0 Å². The minimum atomic E-state index is -3.44. The van der Waals surface area contributed by atoms with E-state index in [4.69, 9.17) is 0 Å². The first-order valence-electron chi connectivity index (χ1n) is 9.17. The normalized spacial score (nSPS) is 24.0. The van der Waals surface area contributed by atoms with E-state index in [0.29, 0.717) is 10.9 Å². The molecule has 1 saturated heterocycles. The Balaban J connectivity index is 1.64. The molecule has 2 aliphatic heterocycles. The van der Waals surface area contributed by atoms with Gasteiger partial charge in [0.25, 0.3) is 0 Å². The Morgan fingerprint density at radius 3 is 2.73 bits per heavy atom. The molecular formula is C21H22N2O2S. The van der Waals surface area contributed by atoms with Crippen molar-refractivity contribution in [2.45, 2.75) is 29.5 Å². The molecule has 2 aromatic carbocycles. The van der Waals surface area contributed by atoms with Crippen molar-refractivity contribution in [2.24, 2.45) is 0 Å². The van der Waals surface area contributed by atoms with Crippen molar-refractivity contribution >= 4 is 21.1 Å². The Hall–Kier alpha value is -2.11. The molecule has 1 N–H and O–H groups in total. The van der Waals surface area contributed by atoms with Crippen molar-refractivity contribution in [3.05, 3.63) is 65.2 Å². The van der Waals surface area contributed by atoms with E-state index in [2.05, 4.69) is 16.3 Å². The first-order chi connectivity index (χ1) is 12.6. The quantitative estimate of drug-likeness (QED) is 0.887. The summed E-state index contributed by atoms with van der Waals surface area (Å²) >= 11 is 0. The number of sulfone groups is 1. The van der Waals surface area contributed by atoms with Gasteiger partial charge in [-0.25, -0.2) is 8.42 Å². The van der Waals surface area contributed by atoms with E-state index in [1.807, 2.05) is 37.3 Å². The lowest BCUT2D eigenvalue weighted by Crippen LogP contribution is -2.53. The molecule has 2 unspecified atom stereocenters. The van der Waals surface area contributed by atoms with E-state index in [0.717, 1.165) is 42.7 Å². The fourth-order valence-corrected chi connectivity index (χ4v) is 6.24. The fourth-order valence-electron chi connectivity index (χ4n) is 4.56. The van der Waals surface area contributed by atoms with Crippen LogP contribution in [0.25, 0.3) is 5.57 Å². The summed E-state index contributed by atoms with van der Waals surface area (Å²) < 4.78 is 26.7. The van der Waals surface area contributed by atoms with Crippen molar-refractivity contribution in [3.63, 3.8) is 0 Å². The van der Waals surface area contributed by atoms with E-state index in [1.165, 1.54) is 11.3 Å². The number of hydrogen-bond acceptors (Lipinski definition) is 4. The third kappa shape index (κ3) is 2.27. The molecule has 0 bridgehead atoms. The van der Waals surface area contributed by atoms with E-state index in [9.17, 15) is 8.42 Å².